The van der Waals surface area contributed by atoms with Crippen molar-refractivity contribution in [2.75, 3.05) is 39.2 Å². The number of rotatable bonds is 3. The normalized spacial score (nSPS) is 16.2. The van der Waals surface area contributed by atoms with Crippen molar-refractivity contribution in [2.24, 2.45) is 4.99 Å². The molecule has 0 saturated heterocycles. The van der Waals surface area contributed by atoms with Crippen molar-refractivity contribution < 1.29 is 9.13 Å². The Hall–Kier alpha value is -1.02. The van der Waals surface area contributed by atoms with E-state index in [-0.39, 0.29) is 20.5 Å². The highest BCUT2D eigenvalue weighted by Gasteiger charge is 2.33. The summed E-state index contributed by atoms with van der Waals surface area (Å²) in [6.07, 6.45) is 1.61. The summed E-state index contributed by atoms with van der Waals surface area (Å²) in [4.78, 5) is 8.34. The lowest BCUT2D eigenvalue weighted by molar-refractivity contribution is 0.365. The summed E-state index contributed by atoms with van der Waals surface area (Å²) >= 11 is 15.5. The lowest BCUT2D eigenvalue weighted by Crippen LogP contribution is -2.35. The molecule has 0 unspecified atom stereocenters. The molecule has 1 aromatic rings. The zero-order valence-corrected chi connectivity index (χ0v) is 15.6. The van der Waals surface area contributed by atoms with E-state index < -0.39 is 5.82 Å². The largest absolute Gasteiger partial charge is 0.440 e. The minimum absolute atomic E-state index is 0.0100. The van der Waals surface area contributed by atoms with Crippen LogP contribution in [-0.2, 0) is 0 Å². The Morgan fingerprint density at radius 2 is 2.22 bits per heavy atom. The zero-order valence-electron chi connectivity index (χ0n) is 12.5. The highest BCUT2D eigenvalue weighted by atomic mass is 79.9. The Labute approximate surface area is 151 Å². The van der Waals surface area contributed by atoms with Gasteiger partial charge in [0, 0.05) is 13.1 Å². The number of halogens is 4. The number of anilines is 1. The minimum Gasteiger partial charge on any atom is -0.440 e. The van der Waals surface area contributed by atoms with Gasteiger partial charge in [-0.2, -0.15) is 0 Å². The van der Waals surface area contributed by atoms with Crippen LogP contribution in [0.3, 0.4) is 0 Å². The Balaban J connectivity index is 2.16. The maximum Gasteiger partial charge on any atom is 0.210 e. The number of likely N-dealkylation sites (N-methyl/N-ethyl adjacent to an activating group) is 1. The van der Waals surface area contributed by atoms with Crippen LogP contribution in [0, 0.1) is 5.82 Å². The van der Waals surface area contributed by atoms with Gasteiger partial charge in [0.05, 0.1) is 26.9 Å². The first-order chi connectivity index (χ1) is 10.9. The summed E-state index contributed by atoms with van der Waals surface area (Å²) in [6.45, 7) is 1.73. The van der Waals surface area contributed by atoms with Crippen molar-refractivity contribution in [3.8, 4) is 5.75 Å². The lowest BCUT2D eigenvalue weighted by atomic mass is 10.1. The van der Waals surface area contributed by atoms with E-state index in [9.17, 15) is 4.39 Å². The van der Waals surface area contributed by atoms with Gasteiger partial charge >= 0.3 is 0 Å². The van der Waals surface area contributed by atoms with Gasteiger partial charge in [-0.25, -0.2) is 9.38 Å². The van der Waals surface area contributed by atoms with Crippen LogP contribution in [0.25, 0.3) is 0 Å². The fraction of sp³-hybridized carbons (Fsp3) is 0.357. The molecule has 1 N–H and O–H groups in total. The van der Waals surface area contributed by atoms with Crippen molar-refractivity contribution in [1.29, 1.82) is 0 Å². The summed E-state index contributed by atoms with van der Waals surface area (Å²) in [5, 5.41) is 3.39. The van der Waals surface area contributed by atoms with Crippen LogP contribution >= 0.6 is 39.1 Å². The molecule has 124 valence electrons. The lowest BCUT2D eigenvalue weighted by Gasteiger charge is -2.28. The molecule has 0 fully saturated rings. The maximum absolute atomic E-state index is 14.6. The van der Waals surface area contributed by atoms with Crippen molar-refractivity contribution >= 4 is 50.7 Å². The van der Waals surface area contributed by atoms with Gasteiger partial charge in [-0.05, 0) is 41.6 Å². The molecule has 5 nitrogen and oxygen atoms in total. The number of hydrogen-bond donors (Lipinski definition) is 1. The second-order valence-corrected chi connectivity index (χ2v) is 6.91. The van der Waals surface area contributed by atoms with E-state index in [2.05, 4.69) is 26.2 Å². The van der Waals surface area contributed by atoms with Crippen LogP contribution in [0.15, 0.2) is 20.9 Å². The Morgan fingerprint density at radius 1 is 1.48 bits per heavy atom. The highest BCUT2D eigenvalue weighted by Crippen LogP contribution is 2.45. The average Bonchev–Trinajstić information content (AvgIpc) is 2.66. The molecule has 2 heterocycles. The minimum atomic E-state index is -0.605. The third-order valence-corrected chi connectivity index (χ3v) is 5.03. The van der Waals surface area contributed by atoms with Crippen LogP contribution in [0.5, 0.6) is 5.75 Å². The van der Waals surface area contributed by atoms with Crippen molar-refractivity contribution in [1.82, 2.24) is 9.80 Å². The van der Waals surface area contributed by atoms with Gasteiger partial charge in [-0.3, -0.25) is 0 Å². The quantitative estimate of drug-likeness (QED) is 0.753. The van der Waals surface area contributed by atoms with Crippen LogP contribution in [-0.4, -0.2) is 49.5 Å². The molecule has 0 atom stereocenters. The monoisotopic (exact) mass is 422 g/mol. The standard InChI is InChI=1S/C14H14BrCl2FN4O/c1-21(2)3-4-22-5-7(16)23-13-8-12(19-6-20-14(8)22)10(17)9(15)11(13)18/h5,19H,3-4,6H2,1-2H3. The number of amidine groups is 1. The molecule has 9 heteroatoms. The number of nitrogens with one attached hydrogen (secondary N) is 1. The van der Waals surface area contributed by atoms with E-state index in [4.69, 9.17) is 27.9 Å². The molecule has 0 radical (unpaired) electrons. The number of benzene rings is 1. The van der Waals surface area contributed by atoms with Crippen molar-refractivity contribution in [2.45, 2.75) is 0 Å². The molecule has 3 rings (SSSR count). The second-order valence-electron chi connectivity index (χ2n) is 5.37. The van der Waals surface area contributed by atoms with E-state index in [1.807, 2.05) is 23.9 Å². The van der Waals surface area contributed by atoms with Crippen molar-refractivity contribution in [3.05, 3.63) is 32.3 Å². The molecule has 0 aromatic heterocycles. The van der Waals surface area contributed by atoms with Gasteiger partial charge in [0.1, 0.15) is 12.5 Å². The summed E-state index contributed by atoms with van der Waals surface area (Å²) < 4.78 is 20.2. The SMILES string of the molecule is CN(C)CCN1C=C(Cl)Oc2c(F)c(Br)c(Cl)c3c2C1=NCN3. The number of hydrogen-bond acceptors (Lipinski definition) is 5. The van der Waals surface area contributed by atoms with Gasteiger partial charge in [0.2, 0.25) is 5.22 Å². The molecule has 1 aromatic carbocycles. The predicted molar refractivity (Wildman–Crippen MR) is 94.0 cm³/mol. The zero-order chi connectivity index (χ0) is 16.7. The predicted octanol–water partition coefficient (Wildman–Crippen LogP) is 3.66. The summed E-state index contributed by atoms with van der Waals surface area (Å²) in [7, 11) is 3.94. The molecule has 0 amide bonds. The maximum atomic E-state index is 14.6. The van der Waals surface area contributed by atoms with E-state index in [1.165, 1.54) is 0 Å². The third kappa shape index (κ3) is 3.03. The first-order valence-electron chi connectivity index (χ1n) is 6.85. The smallest absolute Gasteiger partial charge is 0.210 e. The van der Waals surface area contributed by atoms with Gasteiger partial charge < -0.3 is 19.9 Å². The van der Waals surface area contributed by atoms with Crippen LogP contribution in [0.2, 0.25) is 5.02 Å². The molecule has 0 aliphatic carbocycles. The molecular weight excluding hydrogens is 410 g/mol. The van der Waals surface area contributed by atoms with Crippen LogP contribution < -0.4 is 10.1 Å². The Kier molecular flexibility index (Phi) is 4.73. The van der Waals surface area contributed by atoms with Gasteiger partial charge in [-0.1, -0.05) is 11.6 Å². The second kappa shape index (κ2) is 6.47. The molecule has 23 heavy (non-hydrogen) atoms. The number of ether oxygens (including phenoxy) is 1. The first-order valence-corrected chi connectivity index (χ1v) is 8.40. The molecular formula is C14H14BrCl2FN4O. The van der Waals surface area contributed by atoms with Gasteiger partial charge in [0.15, 0.2) is 11.6 Å². The summed E-state index contributed by atoms with van der Waals surface area (Å²) in [6, 6.07) is 0. The van der Waals surface area contributed by atoms with E-state index in [0.717, 1.165) is 6.54 Å². The van der Waals surface area contributed by atoms with Crippen LogP contribution in [0.1, 0.15) is 5.56 Å². The number of nitrogens with zero attached hydrogens (tertiary/aromatic N) is 3. The molecule has 0 spiro atoms. The fourth-order valence-electron chi connectivity index (χ4n) is 2.41. The Bertz CT molecular complexity index is 723. The Morgan fingerprint density at radius 3 is 2.91 bits per heavy atom. The fourth-order valence-corrected chi connectivity index (χ4v) is 3.22. The van der Waals surface area contributed by atoms with Gasteiger partial charge in [0.25, 0.3) is 0 Å². The van der Waals surface area contributed by atoms with Gasteiger partial charge in [-0.15, -0.1) is 0 Å². The van der Waals surface area contributed by atoms with E-state index in [1.54, 1.807) is 6.20 Å². The van der Waals surface area contributed by atoms with E-state index >= 15 is 0 Å². The molecule has 2 aliphatic heterocycles. The number of aliphatic imine (C=N–C) groups is 1. The average molecular weight is 424 g/mol. The van der Waals surface area contributed by atoms with E-state index in [0.29, 0.717) is 30.3 Å². The first kappa shape index (κ1) is 16.8. The van der Waals surface area contributed by atoms with Crippen LogP contribution in [0.4, 0.5) is 10.1 Å². The summed E-state index contributed by atoms with van der Waals surface area (Å²) in [5.41, 5.74) is 1.06. The summed E-state index contributed by atoms with van der Waals surface area (Å²) in [5.74, 6) is -0.0125. The highest BCUT2D eigenvalue weighted by molar-refractivity contribution is 9.10. The topological polar surface area (TPSA) is 40.1 Å². The molecule has 0 saturated carbocycles. The van der Waals surface area contributed by atoms with Crippen molar-refractivity contribution in [3.63, 3.8) is 0 Å². The third-order valence-electron chi connectivity index (χ3n) is 3.51. The molecule has 2 aliphatic rings. The molecule has 0 bridgehead atoms.